The first kappa shape index (κ1) is 15.4. The van der Waals surface area contributed by atoms with Crippen LogP contribution in [0.4, 0.5) is 4.79 Å². The Balaban J connectivity index is 1.76. The number of carbonyl (C=O) groups excluding carboxylic acids is 2. The highest BCUT2D eigenvalue weighted by atomic mass is 16.2. The third-order valence-corrected chi connectivity index (χ3v) is 3.92. The number of piperidine rings is 1. The number of nitrogens with one attached hydrogen (secondary N) is 2. The second-order valence-electron chi connectivity index (χ2n) is 5.53. The molecule has 3 amide bonds. The van der Waals surface area contributed by atoms with Gasteiger partial charge in [0, 0.05) is 26.1 Å². The lowest BCUT2D eigenvalue weighted by atomic mass is 10.1. The van der Waals surface area contributed by atoms with Crippen LogP contribution in [0.3, 0.4) is 0 Å². The van der Waals surface area contributed by atoms with Gasteiger partial charge in [0.25, 0.3) is 0 Å². The Labute approximate surface area is 125 Å². The molecule has 1 saturated heterocycles. The Morgan fingerprint density at radius 2 is 1.81 bits per heavy atom. The number of nitrogens with zero attached hydrogens (tertiary/aromatic N) is 1. The molecule has 1 aromatic rings. The highest BCUT2D eigenvalue weighted by molar-refractivity contribution is 5.75. The number of urea groups is 1. The van der Waals surface area contributed by atoms with Crippen LogP contribution in [0.15, 0.2) is 30.3 Å². The van der Waals surface area contributed by atoms with E-state index in [1.165, 1.54) is 0 Å². The first-order chi connectivity index (χ1) is 10.1. The highest BCUT2D eigenvalue weighted by Gasteiger charge is 2.22. The van der Waals surface area contributed by atoms with E-state index < -0.39 is 0 Å². The van der Waals surface area contributed by atoms with Crippen molar-refractivity contribution in [2.24, 2.45) is 0 Å². The maximum atomic E-state index is 12.0. The fourth-order valence-electron chi connectivity index (χ4n) is 2.59. The Kier molecular flexibility index (Phi) is 5.20. The molecule has 2 N–H and O–H groups in total. The van der Waals surface area contributed by atoms with Crippen LogP contribution in [0.5, 0.6) is 0 Å². The van der Waals surface area contributed by atoms with Gasteiger partial charge in [-0.1, -0.05) is 30.3 Å². The third-order valence-electron chi connectivity index (χ3n) is 3.92. The number of hydrogen-bond acceptors (Lipinski definition) is 2. The van der Waals surface area contributed by atoms with Crippen LogP contribution in [0, 0.1) is 0 Å². The SMILES string of the molecule is CC(=O)N1CCC(NC(=O)NC(C)c2ccccc2)CC1. The highest BCUT2D eigenvalue weighted by Crippen LogP contribution is 2.12. The van der Waals surface area contributed by atoms with E-state index in [9.17, 15) is 9.59 Å². The Hall–Kier alpha value is -2.04. The number of likely N-dealkylation sites (tertiary alicyclic amines) is 1. The first-order valence-corrected chi connectivity index (χ1v) is 7.43. The molecule has 5 heteroatoms. The minimum atomic E-state index is -0.146. The number of rotatable bonds is 3. The van der Waals surface area contributed by atoms with Gasteiger partial charge in [0.15, 0.2) is 0 Å². The van der Waals surface area contributed by atoms with Crippen LogP contribution in [0.1, 0.15) is 38.3 Å². The van der Waals surface area contributed by atoms with Gasteiger partial charge in [-0.2, -0.15) is 0 Å². The molecule has 2 rings (SSSR count). The van der Waals surface area contributed by atoms with Gasteiger partial charge in [-0.05, 0) is 25.3 Å². The van der Waals surface area contributed by atoms with Crippen LogP contribution in [0.25, 0.3) is 0 Å². The molecule has 0 aromatic heterocycles. The summed E-state index contributed by atoms with van der Waals surface area (Å²) < 4.78 is 0. The molecule has 0 radical (unpaired) electrons. The molecule has 1 fully saturated rings. The lowest BCUT2D eigenvalue weighted by Gasteiger charge is -2.32. The number of benzene rings is 1. The lowest BCUT2D eigenvalue weighted by molar-refractivity contribution is -0.129. The summed E-state index contributed by atoms with van der Waals surface area (Å²) >= 11 is 0. The topological polar surface area (TPSA) is 61.4 Å². The molecule has 1 heterocycles. The van der Waals surface area contributed by atoms with E-state index in [4.69, 9.17) is 0 Å². The molecule has 0 bridgehead atoms. The van der Waals surface area contributed by atoms with E-state index in [0.29, 0.717) is 13.1 Å². The van der Waals surface area contributed by atoms with Gasteiger partial charge in [0.05, 0.1) is 6.04 Å². The van der Waals surface area contributed by atoms with Gasteiger partial charge in [0.2, 0.25) is 5.91 Å². The zero-order valence-corrected chi connectivity index (χ0v) is 12.6. The zero-order chi connectivity index (χ0) is 15.2. The van der Waals surface area contributed by atoms with Crippen LogP contribution in [0.2, 0.25) is 0 Å². The van der Waals surface area contributed by atoms with Gasteiger partial charge in [0.1, 0.15) is 0 Å². The fraction of sp³-hybridized carbons (Fsp3) is 0.500. The van der Waals surface area contributed by atoms with E-state index in [0.717, 1.165) is 18.4 Å². The molecule has 0 saturated carbocycles. The second kappa shape index (κ2) is 7.11. The minimum Gasteiger partial charge on any atom is -0.343 e. The van der Waals surface area contributed by atoms with E-state index in [2.05, 4.69) is 10.6 Å². The molecule has 1 aromatic carbocycles. The van der Waals surface area contributed by atoms with E-state index >= 15 is 0 Å². The number of hydrogen-bond donors (Lipinski definition) is 2. The minimum absolute atomic E-state index is 0.0245. The van der Waals surface area contributed by atoms with E-state index in [-0.39, 0.29) is 24.0 Å². The molecule has 0 aliphatic carbocycles. The largest absolute Gasteiger partial charge is 0.343 e. The normalized spacial score (nSPS) is 17.1. The van der Waals surface area contributed by atoms with Gasteiger partial charge in [-0.25, -0.2) is 4.79 Å². The van der Waals surface area contributed by atoms with Crippen molar-refractivity contribution in [1.82, 2.24) is 15.5 Å². The van der Waals surface area contributed by atoms with Crippen molar-refractivity contribution >= 4 is 11.9 Å². The molecule has 5 nitrogen and oxygen atoms in total. The predicted octanol–water partition coefficient (Wildman–Crippen LogP) is 2.06. The molecule has 1 aliphatic rings. The zero-order valence-electron chi connectivity index (χ0n) is 12.6. The van der Waals surface area contributed by atoms with Crippen molar-refractivity contribution in [2.45, 2.75) is 38.8 Å². The standard InChI is InChI=1S/C16H23N3O2/c1-12(14-6-4-3-5-7-14)17-16(21)18-15-8-10-19(11-9-15)13(2)20/h3-7,12,15H,8-11H2,1-2H3,(H2,17,18,21). The van der Waals surface area contributed by atoms with Crippen molar-refractivity contribution in [3.8, 4) is 0 Å². The summed E-state index contributed by atoms with van der Waals surface area (Å²) in [6.07, 6.45) is 1.62. The lowest BCUT2D eigenvalue weighted by Crippen LogP contribution is -2.49. The summed E-state index contributed by atoms with van der Waals surface area (Å²) in [4.78, 5) is 25.1. The van der Waals surface area contributed by atoms with Crippen molar-refractivity contribution in [2.75, 3.05) is 13.1 Å². The molecular weight excluding hydrogens is 266 g/mol. The van der Waals surface area contributed by atoms with E-state index in [1.54, 1.807) is 6.92 Å². The summed E-state index contributed by atoms with van der Waals surface area (Å²) in [5, 5.41) is 5.94. The van der Waals surface area contributed by atoms with Crippen molar-refractivity contribution < 1.29 is 9.59 Å². The molecule has 114 valence electrons. The fourth-order valence-corrected chi connectivity index (χ4v) is 2.59. The summed E-state index contributed by atoms with van der Waals surface area (Å²) in [5.74, 6) is 0.107. The predicted molar refractivity (Wildman–Crippen MR) is 81.8 cm³/mol. The number of amides is 3. The average molecular weight is 289 g/mol. The van der Waals surface area contributed by atoms with Gasteiger partial charge < -0.3 is 15.5 Å². The number of carbonyl (C=O) groups is 2. The quantitative estimate of drug-likeness (QED) is 0.894. The van der Waals surface area contributed by atoms with Crippen LogP contribution in [-0.4, -0.2) is 36.0 Å². The monoisotopic (exact) mass is 289 g/mol. The summed E-state index contributed by atoms with van der Waals surface area (Å²) in [7, 11) is 0. The molecule has 1 aliphatic heterocycles. The molecule has 1 unspecified atom stereocenters. The Morgan fingerprint density at radius 1 is 1.19 bits per heavy atom. The molecule has 1 atom stereocenters. The smallest absolute Gasteiger partial charge is 0.315 e. The Morgan fingerprint density at radius 3 is 2.38 bits per heavy atom. The van der Waals surface area contributed by atoms with Gasteiger partial charge in [-0.3, -0.25) is 4.79 Å². The second-order valence-corrected chi connectivity index (χ2v) is 5.53. The van der Waals surface area contributed by atoms with Crippen molar-refractivity contribution in [1.29, 1.82) is 0 Å². The average Bonchev–Trinajstić information content (AvgIpc) is 2.48. The van der Waals surface area contributed by atoms with Crippen LogP contribution < -0.4 is 10.6 Å². The van der Waals surface area contributed by atoms with Gasteiger partial charge in [-0.15, -0.1) is 0 Å². The summed E-state index contributed by atoms with van der Waals surface area (Å²) in [6, 6.07) is 9.84. The van der Waals surface area contributed by atoms with Crippen LogP contribution >= 0.6 is 0 Å². The van der Waals surface area contributed by atoms with Crippen molar-refractivity contribution in [3.05, 3.63) is 35.9 Å². The van der Waals surface area contributed by atoms with Crippen molar-refractivity contribution in [3.63, 3.8) is 0 Å². The first-order valence-electron chi connectivity index (χ1n) is 7.43. The maximum Gasteiger partial charge on any atom is 0.315 e. The van der Waals surface area contributed by atoms with Gasteiger partial charge >= 0.3 is 6.03 Å². The molecular formula is C16H23N3O2. The molecule has 0 spiro atoms. The Bertz CT molecular complexity index is 482. The summed E-state index contributed by atoms with van der Waals surface area (Å²) in [5.41, 5.74) is 1.08. The third kappa shape index (κ3) is 4.48. The summed E-state index contributed by atoms with van der Waals surface area (Å²) in [6.45, 7) is 4.98. The molecule has 21 heavy (non-hydrogen) atoms. The van der Waals surface area contributed by atoms with Crippen LogP contribution in [-0.2, 0) is 4.79 Å². The maximum absolute atomic E-state index is 12.0. The van der Waals surface area contributed by atoms with E-state index in [1.807, 2.05) is 42.2 Å².